The molecule has 1 aromatic rings. The van der Waals surface area contributed by atoms with Gasteiger partial charge < -0.3 is 15.3 Å². The smallest absolute Gasteiger partial charge is 0.261 e. The van der Waals surface area contributed by atoms with Crippen LogP contribution in [0, 0.1) is 0 Å². The van der Waals surface area contributed by atoms with Crippen LogP contribution >= 0.6 is 11.6 Å². The number of hydrogen-bond acceptors (Lipinski definition) is 4. The Kier molecular flexibility index (Phi) is 4.88. The van der Waals surface area contributed by atoms with E-state index in [9.17, 15) is 9.90 Å². The number of nitrogens with zero attached hydrogens (tertiary/aromatic N) is 1. The minimum atomic E-state index is -0.411. The average Bonchev–Trinajstić information content (AvgIpc) is 2.73. The van der Waals surface area contributed by atoms with Gasteiger partial charge in [0.05, 0.1) is 11.4 Å². The van der Waals surface area contributed by atoms with E-state index in [0.717, 1.165) is 5.56 Å². The van der Waals surface area contributed by atoms with Crippen molar-refractivity contribution >= 4 is 29.3 Å². The first kappa shape index (κ1) is 16.1. The molecule has 0 atom stereocenters. The molecule has 6 heteroatoms. The van der Waals surface area contributed by atoms with Crippen molar-refractivity contribution in [2.24, 2.45) is 5.16 Å². The molecular formula is C16H17ClN2O3. The van der Waals surface area contributed by atoms with Crippen LogP contribution in [-0.4, -0.2) is 22.8 Å². The molecule has 1 aromatic carbocycles. The number of aliphatic hydroxyl groups excluding tert-OH is 1. The van der Waals surface area contributed by atoms with Crippen molar-refractivity contribution in [1.82, 2.24) is 5.32 Å². The molecule has 0 aliphatic carbocycles. The Bertz CT molecular complexity index is 673. The Labute approximate surface area is 133 Å². The molecular weight excluding hydrogens is 304 g/mol. The molecule has 1 aliphatic rings. The van der Waals surface area contributed by atoms with Crippen LogP contribution in [0.5, 0.6) is 0 Å². The molecule has 0 spiro atoms. The zero-order valence-corrected chi connectivity index (χ0v) is 13.3. The lowest BCUT2D eigenvalue weighted by molar-refractivity contribution is -0.115. The third-order valence-corrected chi connectivity index (χ3v) is 3.16. The van der Waals surface area contributed by atoms with E-state index < -0.39 is 5.91 Å². The van der Waals surface area contributed by atoms with Gasteiger partial charge in [0.2, 0.25) is 0 Å². The fraction of sp³-hybridized carbons (Fsp3) is 0.250. The summed E-state index contributed by atoms with van der Waals surface area (Å²) in [5.74, 6) is -0.556. The van der Waals surface area contributed by atoms with Crippen LogP contribution < -0.4 is 5.32 Å². The number of halogens is 1. The quantitative estimate of drug-likeness (QED) is 0.659. The maximum absolute atomic E-state index is 12.0. The topological polar surface area (TPSA) is 70.9 Å². The number of carbonyl (C=O) groups excluding carboxylic acids is 1. The van der Waals surface area contributed by atoms with Crippen molar-refractivity contribution in [1.29, 1.82) is 0 Å². The predicted octanol–water partition coefficient (Wildman–Crippen LogP) is 3.42. The lowest BCUT2D eigenvalue weighted by Crippen LogP contribution is -2.19. The average molecular weight is 321 g/mol. The number of amides is 1. The lowest BCUT2D eigenvalue weighted by atomic mass is 10.1. The fourth-order valence-corrected chi connectivity index (χ4v) is 2.01. The summed E-state index contributed by atoms with van der Waals surface area (Å²) in [6, 6.07) is 7.04. The minimum absolute atomic E-state index is 0.105. The largest absolute Gasteiger partial charge is 0.505 e. The molecule has 1 aliphatic heterocycles. The van der Waals surface area contributed by atoms with Gasteiger partial charge in [-0.1, -0.05) is 28.9 Å². The van der Waals surface area contributed by atoms with E-state index in [4.69, 9.17) is 16.4 Å². The molecule has 2 N–H and O–H groups in total. The maximum Gasteiger partial charge on any atom is 0.261 e. The fourth-order valence-electron chi connectivity index (χ4n) is 1.88. The number of nitrogens with one attached hydrogen (secondary N) is 1. The third kappa shape index (κ3) is 3.68. The van der Waals surface area contributed by atoms with Crippen molar-refractivity contribution in [3.63, 3.8) is 0 Å². The van der Waals surface area contributed by atoms with Crippen LogP contribution in [0.4, 0.5) is 0 Å². The second-order valence-electron chi connectivity index (χ2n) is 5.12. The molecule has 1 amide bonds. The predicted molar refractivity (Wildman–Crippen MR) is 86.6 cm³/mol. The number of oxime groups is 1. The van der Waals surface area contributed by atoms with Gasteiger partial charge in [0, 0.05) is 5.02 Å². The second kappa shape index (κ2) is 6.66. The molecule has 116 valence electrons. The first-order valence-electron chi connectivity index (χ1n) is 6.81. The van der Waals surface area contributed by atoms with Gasteiger partial charge in [-0.25, -0.2) is 0 Å². The van der Waals surface area contributed by atoms with Gasteiger partial charge >= 0.3 is 0 Å². The number of aliphatic hydroxyl groups is 1. The molecule has 0 unspecified atom stereocenters. The van der Waals surface area contributed by atoms with Gasteiger partial charge in [0.25, 0.3) is 5.91 Å². The first-order valence-corrected chi connectivity index (χ1v) is 7.19. The van der Waals surface area contributed by atoms with E-state index in [-0.39, 0.29) is 17.4 Å². The van der Waals surface area contributed by atoms with Crippen LogP contribution in [-0.2, 0) is 9.63 Å². The third-order valence-electron chi connectivity index (χ3n) is 2.91. The minimum Gasteiger partial charge on any atom is -0.505 e. The van der Waals surface area contributed by atoms with Crippen molar-refractivity contribution in [2.45, 2.75) is 26.9 Å². The number of carbonyl (C=O) groups is 1. The van der Waals surface area contributed by atoms with Gasteiger partial charge in [-0.3, -0.25) is 4.79 Å². The molecule has 5 nitrogen and oxygen atoms in total. The summed E-state index contributed by atoms with van der Waals surface area (Å²) < 4.78 is 0. The molecule has 0 saturated carbocycles. The standard InChI is InChI=1S/C16H17ClN2O3/c1-9(2)22-19-10(3)14-15(20)13(18-16(14)21)8-11-4-6-12(17)7-5-11/h4-9,20H,1-3H3,(H,18,21)/b13-8-,19-10+. The van der Waals surface area contributed by atoms with Crippen molar-refractivity contribution in [2.75, 3.05) is 0 Å². The van der Waals surface area contributed by atoms with Gasteiger partial charge in [-0.15, -0.1) is 0 Å². The van der Waals surface area contributed by atoms with Crippen LogP contribution in [0.1, 0.15) is 26.3 Å². The zero-order valence-electron chi connectivity index (χ0n) is 12.6. The van der Waals surface area contributed by atoms with Gasteiger partial charge in [0.1, 0.15) is 11.7 Å². The van der Waals surface area contributed by atoms with Crippen LogP contribution in [0.15, 0.2) is 46.5 Å². The molecule has 0 fully saturated rings. The highest BCUT2D eigenvalue weighted by atomic mass is 35.5. The first-order chi connectivity index (χ1) is 10.4. The highest BCUT2D eigenvalue weighted by Gasteiger charge is 2.29. The highest BCUT2D eigenvalue weighted by Crippen LogP contribution is 2.22. The van der Waals surface area contributed by atoms with Crippen LogP contribution in [0.25, 0.3) is 6.08 Å². The summed E-state index contributed by atoms with van der Waals surface area (Å²) in [6.07, 6.45) is 1.55. The maximum atomic E-state index is 12.0. The van der Waals surface area contributed by atoms with Gasteiger partial charge in [-0.2, -0.15) is 0 Å². The summed E-state index contributed by atoms with van der Waals surface area (Å²) >= 11 is 5.83. The van der Waals surface area contributed by atoms with E-state index in [1.807, 2.05) is 13.8 Å². The SMILES string of the molecule is C/C(=N\OC(C)C)C1=C(O)/C(=C/c2ccc(Cl)cc2)NC1=O. The molecule has 0 radical (unpaired) electrons. The lowest BCUT2D eigenvalue weighted by Gasteiger charge is -2.04. The monoisotopic (exact) mass is 320 g/mol. The molecule has 2 rings (SSSR count). The van der Waals surface area contributed by atoms with Gasteiger partial charge in [-0.05, 0) is 44.5 Å². The normalized spacial score (nSPS) is 17.4. The number of hydrogen-bond donors (Lipinski definition) is 2. The van der Waals surface area contributed by atoms with Crippen molar-refractivity contribution in [3.05, 3.63) is 51.9 Å². The summed E-state index contributed by atoms with van der Waals surface area (Å²) in [5, 5.41) is 17.3. The summed E-state index contributed by atoms with van der Waals surface area (Å²) in [6.45, 7) is 5.26. The van der Waals surface area contributed by atoms with E-state index >= 15 is 0 Å². The Hall–Kier alpha value is -2.27. The Morgan fingerprint density at radius 1 is 1.36 bits per heavy atom. The molecule has 22 heavy (non-hydrogen) atoms. The molecule has 0 bridgehead atoms. The number of benzene rings is 1. The Morgan fingerprint density at radius 3 is 2.59 bits per heavy atom. The molecule has 0 aromatic heterocycles. The summed E-state index contributed by atoms with van der Waals surface area (Å²) in [5.41, 5.74) is 1.56. The second-order valence-corrected chi connectivity index (χ2v) is 5.55. The highest BCUT2D eigenvalue weighted by molar-refractivity contribution is 6.30. The Balaban J connectivity index is 2.31. The zero-order chi connectivity index (χ0) is 16.3. The molecule has 0 saturated heterocycles. The number of rotatable bonds is 4. The Morgan fingerprint density at radius 2 is 2.00 bits per heavy atom. The summed E-state index contributed by atoms with van der Waals surface area (Å²) in [7, 11) is 0. The van der Waals surface area contributed by atoms with E-state index in [2.05, 4.69) is 10.5 Å². The van der Waals surface area contributed by atoms with E-state index in [1.54, 1.807) is 37.3 Å². The van der Waals surface area contributed by atoms with Crippen molar-refractivity contribution in [3.8, 4) is 0 Å². The molecule has 1 heterocycles. The van der Waals surface area contributed by atoms with E-state index in [0.29, 0.717) is 16.4 Å². The van der Waals surface area contributed by atoms with Crippen LogP contribution in [0.3, 0.4) is 0 Å². The summed E-state index contributed by atoms with van der Waals surface area (Å²) in [4.78, 5) is 17.1. The van der Waals surface area contributed by atoms with E-state index in [1.165, 1.54) is 0 Å². The van der Waals surface area contributed by atoms with Crippen LogP contribution in [0.2, 0.25) is 5.02 Å². The van der Waals surface area contributed by atoms with Gasteiger partial charge in [0.15, 0.2) is 5.76 Å². The van der Waals surface area contributed by atoms with Crippen molar-refractivity contribution < 1.29 is 14.7 Å².